The predicted molar refractivity (Wildman–Crippen MR) is 50.7 cm³/mol. The highest BCUT2D eigenvalue weighted by Gasteiger charge is 2.39. The molecule has 1 aromatic carbocycles. The largest absolute Gasteiger partial charge is 0.419 e. The highest BCUT2D eigenvalue weighted by Crippen LogP contribution is 2.36. The lowest BCUT2D eigenvalue weighted by Gasteiger charge is -2.22. The monoisotopic (exact) mass is 250 g/mol. The van der Waals surface area contributed by atoms with E-state index in [4.69, 9.17) is 4.74 Å². The third-order valence-corrected chi connectivity index (χ3v) is 2.81. The van der Waals surface area contributed by atoms with Gasteiger partial charge in [-0.3, -0.25) is 0 Å². The van der Waals surface area contributed by atoms with Crippen LogP contribution in [-0.2, 0) is 16.5 Å². The molecule has 1 aliphatic rings. The Balaban J connectivity index is 2.44. The third-order valence-electron chi connectivity index (χ3n) is 2.81. The Morgan fingerprint density at radius 2 is 2.00 bits per heavy atom. The highest BCUT2D eigenvalue weighted by atomic mass is 19.4. The molecule has 6 heteroatoms. The summed E-state index contributed by atoms with van der Waals surface area (Å²) in [5.74, 6) is -1.34. The van der Waals surface area contributed by atoms with Crippen molar-refractivity contribution < 1.29 is 27.4 Å². The second-order valence-corrected chi connectivity index (χ2v) is 4.03. The molecule has 1 atom stereocenters. The maximum Gasteiger partial charge on any atom is 0.419 e. The zero-order valence-electron chi connectivity index (χ0n) is 8.72. The molecule has 1 fully saturated rings. The third kappa shape index (κ3) is 2.28. The second kappa shape index (κ2) is 3.96. The number of benzene rings is 1. The van der Waals surface area contributed by atoms with E-state index in [0.717, 1.165) is 6.07 Å². The van der Waals surface area contributed by atoms with Gasteiger partial charge in [-0.15, -0.1) is 0 Å². The fraction of sp³-hybridized carbons (Fsp3) is 0.455. The van der Waals surface area contributed by atoms with Crippen LogP contribution in [0.4, 0.5) is 17.6 Å². The number of ether oxygens (including phenoxy) is 1. The maximum absolute atomic E-state index is 13.0. The highest BCUT2D eigenvalue weighted by molar-refractivity contribution is 5.31. The number of rotatable bonds is 1. The van der Waals surface area contributed by atoms with Crippen LogP contribution in [0.2, 0.25) is 0 Å². The molecular weight excluding hydrogens is 240 g/mol. The van der Waals surface area contributed by atoms with Crippen LogP contribution in [0.15, 0.2) is 18.2 Å². The van der Waals surface area contributed by atoms with Gasteiger partial charge >= 0.3 is 6.18 Å². The van der Waals surface area contributed by atoms with Crippen LogP contribution >= 0.6 is 0 Å². The summed E-state index contributed by atoms with van der Waals surface area (Å²) in [5, 5.41) is 10.0. The van der Waals surface area contributed by atoms with Gasteiger partial charge in [0.2, 0.25) is 0 Å². The van der Waals surface area contributed by atoms with Crippen molar-refractivity contribution in [3.63, 3.8) is 0 Å². The molecule has 2 rings (SSSR count). The van der Waals surface area contributed by atoms with E-state index in [9.17, 15) is 22.7 Å². The quantitative estimate of drug-likeness (QED) is 0.776. The zero-order valence-corrected chi connectivity index (χ0v) is 8.72. The summed E-state index contributed by atoms with van der Waals surface area (Å²) >= 11 is 0. The minimum absolute atomic E-state index is 0.0312. The van der Waals surface area contributed by atoms with Crippen LogP contribution in [0.3, 0.4) is 0 Å². The lowest BCUT2D eigenvalue weighted by molar-refractivity contribution is -0.140. The van der Waals surface area contributed by atoms with Crippen LogP contribution in [-0.4, -0.2) is 18.3 Å². The number of alkyl halides is 3. The van der Waals surface area contributed by atoms with Gasteiger partial charge in [0.15, 0.2) is 0 Å². The summed E-state index contributed by atoms with van der Waals surface area (Å²) in [6, 6.07) is 2.51. The van der Waals surface area contributed by atoms with Gasteiger partial charge in [0.1, 0.15) is 11.4 Å². The Labute approximate surface area is 94.8 Å². The number of halogens is 4. The van der Waals surface area contributed by atoms with Gasteiger partial charge in [-0.1, -0.05) is 6.07 Å². The fourth-order valence-corrected chi connectivity index (χ4v) is 1.81. The molecule has 17 heavy (non-hydrogen) atoms. The molecule has 0 radical (unpaired) electrons. The van der Waals surface area contributed by atoms with Gasteiger partial charge < -0.3 is 9.84 Å². The maximum atomic E-state index is 13.0. The standard InChI is InChI=1S/C11H10F4O2/c12-9-2-1-7(5-8(9)11(13,14)15)10(16)3-4-17-6-10/h1-2,5,16H,3-4,6H2. The van der Waals surface area contributed by atoms with E-state index in [2.05, 4.69) is 0 Å². The van der Waals surface area contributed by atoms with Gasteiger partial charge in [0, 0.05) is 13.0 Å². The first-order valence-electron chi connectivity index (χ1n) is 5.00. The van der Waals surface area contributed by atoms with E-state index in [-0.39, 0.29) is 25.2 Å². The van der Waals surface area contributed by atoms with E-state index in [0.29, 0.717) is 12.1 Å². The minimum Gasteiger partial charge on any atom is -0.383 e. The molecule has 2 nitrogen and oxygen atoms in total. The smallest absolute Gasteiger partial charge is 0.383 e. The van der Waals surface area contributed by atoms with Crippen molar-refractivity contribution in [1.29, 1.82) is 0 Å². The minimum atomic E-state index is -4.77. The number of hydrogen-bond donors (Lipinski definition) is 1. The summed E-state index contributed by atoms with van der Waals surface area (Å²) < 4.78 is 55.5. The summed E-state index contributed by atoms with van der Waals surface area (Å²) in [6.45, 7) is 0.200. The van der Waals surface area contributed by atoms with Crippen molar-refractivity contribution in [2.75, 3.05) is 13.2 Å². The molecule has 94 valence electrons. The van der Waals surface area contributed by atoms with Crippen molar-refractivity contribution in [1.82, 2.24) is 0 Å². The molecule has 0 aromatic heterocycles. The van der Waals surface area contributed by atoms with Gasteiger partial charge in [-0.25, -0.2) is 4.39 Å². The Morgan fingerprint density at radius 3 is 2.53 bits per heavy atom. The number of hydrogen-bond acceptors (Lipinski definition) is 2. The summed E-state index contributed by atoms with van der Waals surface area (Å²) in [7, 11) is 0. The number of aliphatic hydroxyl groups is 1. The van der Waals surface area contributed by atoms with Gasteiger partial charge in [0.25, 0.3) is 0 Å². The van der Waals surface area contributed by atoms with Crippen LogP contribution in [0.1, 0.15) is 17.5 Å². The van der Waals surface area contributed by atoms with Crippen LogP contribution in [0.5, 0.6) is 0 Å². The molecule has 1 unspecified atom stereocenters. The molecular formula is C11H10F4O2. The molecule has 0 aliphatic carbocycles. The molecule has 1 heterocycles. The first kappa shape index (κ1) is 12.3. The van der Waals surface area contributed by atoms with Crippen molar-refractivity contribution in [3.8, 4) is 0 Å². The van der Waals surface area contributed by atoms with Gasteiger partial charge in [-0.2, -0.15) is 13.2 Å². The van der Waals surface area contributed by atoms with E-state index in [1.807, 2.05) is 0 Å². The van der Waals surface area contributed by atoms with Crippen molar-refractivity contribution in [2.45, 2.75) is 18.2 Å². The lowest BCUT2D eigenvalue weighted by atomic mass is 9.91. The lowest BCUT2D eigenvalue weighted by Crippen LogP contribution is -2.26. The molecule has 1 aromatic rings. The molecule has 1 N–H and O–H groups in total. The Morgan fingerprint density at radius 1 is 1.29 bits per heavy atom. The average molecular weight is 250 g/mol. The molecule has 0 saturated carbocycles. The molecule has 0 bridgehead atoms. The van der Waals surface area contributed by atoms with Crippen LogP contribution < -0.4 is 0 Å². The Kier molecular flexibility index (Phi) is 2.87. The topological polar surface area (TPSA) is 29.5 Å². The van der Waals surface area contributed by atoms with Gasteiger partial charge in [0.05, 0.1) is 12.2 Å². The first-order chi connectivity index (χ1) is 7.83. The Hall–Kier alpha value is -1.14. The van der Waals surface area contributed by atoms with Crippen LogP contribution in [0.25, 0.3) is 0 Å². The van der Waals surface area contributed by atoms with Crippen LogP contribution in [0, 0.1) is 5.82 Å². The molecule has 0 amide bonds. The zero-order chi connectivity index (χ0) is 12.7. The van der Waals surface area contributed by atoms with Crippen molar-refractivity contribution in [2.24, 2.45) is 0 Å². The van der Waals surface area contributed by atoms with Crippen molar-refractivity contribution in [3.05, 3.63) is 35.1 Å². The molecule has 1 saturated heterocycles. The van der Waals surface area contributed by atoms with E-state index >= 15 is 0 Å². The van der Waals surface area contributed by atoms with E-state index in [1.54, 1.807) is 0 Å². The average Bonchev–Trinajstić information content (AvgIpc) is 2.65. The molecule has 0 spiro atoms. The normalized spacial score (nSPS) is 25.2. The SMILES string of the molecule is OC1(c2ccc(F)c(C(F)(F)F)c2)CCOC1. The second-order valence-electron chi connectivity index (χ2n) is 4.03. The first-order valence-corrected chi connectivity index (χ1v) is 5.00. The van der Waals surface area contributed by atoms with Crippen molar-refractivity contribution >= 4 is 0 Å². The predicted octanol–water partition coefficient (Wildman–Crippen LogP) is 2.45. The molecule has 1 aliphatic heterocycles. The van der Waals surface area contributed by atoms with E-state index in [1.165, 1.54) is 0 Å². The summed E-state index contributed by atoms with van der Waals surface area (Å²) in [4.78, 5) is 0. The summed E-state index contributed by atoms with van der Waals surface area (Å²) in [5.41, 5.74) is -2.78. The van der Waals surface area contributed by atoms with E-state index < -0.39 is 23.2 Å². The fourth-order valence-electron chi connectivity index (χ4n) is 1.81. The van der Waals surface area contributed by atoms with Gasteiger partial charge in [-0.05, 0) is 17.7 Å². The summed E-state index contributed by atoms with van der Waals surface area (Å²) in [6.07, 6.45) is -4.56. The Bertz CT molecular complexity index is 422.